The third kappa shape index (κ3) is 2.81. The number of nitrogens with one attached hydrogen (secondary N) is 1. The summed E-state index contributed by atoms with van der Waals surface area (Å²) in [6, 6.07) is 0. The summed E-state index contributed by atoms with van der Waals surface area (Å²) in [6.07, 6.45) is 5.83. The largest absolute Gasteiger partial charge is 0.327 e. The van der Waals surface area contributed by atoms with Crippen molar-refractivity contribution in [1.29, 1.82) is 0 Å². The van der Waals surface area contributed by atoms with Crippen LogP contribution in [-0.4, -0.2) is 35.5 Å². The molecule has 0 bridgehead atoms. The Hall–Kier alpha value is -1.83. The van der Waals surface area contributed by atoms with Crippen LogP contribution in [0.15, 0.2) is 5.10 Å². The standard InChI is InChI=1S/C10H13N3O2/c1-3-7-13(4-2)10(15)8-5-6-9(14)12-11-8/h1H,4-7H2,2H3,(H,12,14). The van der Waals surface area contributed by atoms with E-state index < -0.39 is 0 Å². The molecule has 0 aromatic carbocycles. The monoisotopic (exact) mass is 207 g/mol. The lowest BCUT2D eigenvalue weighted by atomic mass is 10.1. The Morgan fingerprint density at radius 3 is 2.87 bits per heavy atom. The Bertz CT molecular complexity index is 341. The van der Waals surface area contributed by atoms with Gasteiger partial charge < -0.3 is 4.90 Å². The summed E-state index contributed by atoms with van der Waals surface area (Å²) in [7, 11) is 0. The molecule has 0 saturated heterocycles. The zero-order chi connectivity index (χ0) is 11.3. The van der Waals surface area contributed by atoms with E-state index in [0.717, 1.165) is 0 Å². The van der Waals surface area contributed by atoms with Gasteiger partial charge in [0.1, 0.15) is 5.71 Å². The minimum atomic E-state index is -0.199. The molecule has 0 atom stereocenters. The van der Waals surface area contributed by atoms with Crippen LogP contribution in [0.4, 0.5) is 0 Å². The molecule has 0 aliphatic carbocycles. The second kappa shape index (κ2) is 5.15. The van der Waals surface area contributed by atoms with E-state index in [1.54, 1.807) is 0 Å². The van der Waals surface area contributed by atoms with Crippen LogP contribution in [0.25, 0.3) is 0 Å². The highest BCUT2D eigenvalue weighted by molar-refractivity contribution is 6.39. The van der Waals surface area contributed by atoms with Gasteiger partial charge in [-0.1, -0.05) is 5.92 Å². The number of terminal acetylenes is 1. The Labute approximate surface area is 88.5 Å². The quantitative estimate of drug-likeness (QED) is 0.648. The highest BCUT2D eigenvalue weighted by Gasteiger charge is 2.21. The van der Waals surface area contributed by atoms with Gasteiger partial charge in [0.15, 0.2) is 0 Å². The Morgan fingerprint density at radius 2 is 2.40 bits per heavy atom. The molecule has 2 amide bonds. The maximum absolute atomic E-state index is 11.8. The smallest absolute Gasteiger partial charge is 0.270 e. The second-order valence-electron chi connectivity index (χ2n) is 3.12. The molecule has 1 rings (SSSR count). The van der Waals surface area contributed by atoms with E-state index in [1.807, 2.05) is 6.92 Å². The Balaban J connectivity index is 2.67. The highest BCUT2D eigenvalue weighted by atomic mass is 16.2. The maximum atomic E-state index is 11.8. The van der Waals surface area contributed by atoms with Crippen LogP contribution in [0.5, 0.6) is 0 Å². The Morgan fingerprint density at radius 1 is 1.67 bits per heavy atom. The summed E-state index contributed by atoms with van der Waals surface area (Å²) in [6.45, 7) is 2.65. The zero-order valence-corrected chi connectivity index (χ0v) is 8.62. The summed E-state index contributed by atoms with van der Waals surface area (Å²) < 4.78 is 0. The van der Waals surface area contributed by atoms with Gasteiger partial charge in [0, 0.05) is 19.4 Å². The predicted molar refractivity (Wildman–Crippen MR) is 55.9 cm³/mol. The van der Waals surface area contributed by atoms with E-state index in [0.29, 0.717) is 25.1 Å². The highest BCUT2D eigenvalue weighted by Crippen LogP contribution is 2.03. The number of hydrazone groups is 1. The molecule has 0 aromatic rings. The van der Waals surface area contributed by atoms with Crippen LogP contribution in [0, 0.1) is 12.3 Å². The van der Waals surface area contributed by atoms with Crippen molar-refractivity contribution in [2.75, 3.05) is 13.1 Å². The number of rotatable bonds is 3. The molecule has 5 nitrogen and oxygen atoms in total. The molecule has 15 heavy (non-hydrogen) atoms. The first-order valence-corrected chi connectivity index (χ1v) is 4.77. The van der Waals surface area contributed by atoms with E-state index in [4.69, 9.17) is 6.42 Å². The second-order valence-corrected chi connectivity index (χ2v) is 3.12. The van der Waals surface area contributed by atoms with Gasteiger partial charge in [-0.15, -0.1) is 6.42 Å². The van der Waals surface area contributed by atoms with Gasteiger partial charge in [-0.2, -0.15) is 5.10 Å². The van der Waals surface area contributed by atoms with Crippen molar-refractivity contribution in [2.45, 2.75) is 19.8 Å². The summed E-state index contributed by atoms with van der Waals surface area (Å²) >= 11 is 0. The number of carbonyl (C=O) groups is 2. The molecular formula is C10H13N3O2. The molecule has 0 radical (unpaired) electrons. The van der Waals surface area contributed by atoms with Crippen LogP contribution in [0.2, 0.25) is 0 Å². The van der Waals surface area contributed by atoms with Crippen LogP contribution in [-0.2, 0) is 9.59 Å². The van der Waals surface area contributed by atoms with E-state index in [1.165, 1.54) is 4.90 Å². The average molecular weight is 207 g/mol. The van der Waals surface area contributed by atoms with Crippen molar-refractivity contribution in [2.24, 2.45) is 5.10 Å². The normalized spacial score (nSPS) is 14.9. The molecule has 1 heterocycles. The van der Waals surface area contributed by atoms with Crippen LogP contribution in [0.3, 0.4) is 0 Å². The molecule has 1 aliphatic rings. The molecule has 0 fully saturated rings. The van der Waals surface area contributed by atoms with Crippen LogP contribution >= 0.6 is 0 Å². The van der Waals surface area contributed by atoms with E-state index in [-0.39, 0.29) is 18.4 Å². The molecule has 1 N–H and O–H groups in total. The minimum absolute atomic E-state index is 0.161. The molecule has 0 saturated carbocycles. The third-order valence-corrected chi connectivity index (χ3v) is 2.10. The first kappa shape index (κ1) is 11.2. The van der Waals surface area contributed by atoms with Crippen molar-refractivity contribution < 1.29 is 9.59 Å². The van der Waals surface area contributed by atoms with Gasteiger partial charge in [0.25, 0.3) is 5.91 Å². The molecule has 5 heteroatoms. The third-order valence-electron chi connectivity index (χ3n) is 2.10. The first-order chi connectivity index (χ1) is 7.19. The summed E-state index contributed by atoms with van der Waals surface area (Å²) in [4.78, 5) is 24.1. The lowest BCUT2D eigenvalue weighted by molar-refractivity contribution is -0.124. The molecular weight excluding hydrogens is 194 g/mol. The van der Waals surface area contributed by atoms with Gasteiger partial charge in [0.05, 0.1) is 6.54 Å². The van der Waals surface area contributed by atoms with Crippen LogP contribution in [0.1, 0.15) is 19.8 Å². The van der Waals surface area contributed by atoms with Crippen molar-refractivity contribution >= 4 is 17.5 Å². The fourth-order valence-electron chi connectivity index (χ4n) is 1.25. The number of hydrogen-bond donors (Lipinski definition) is 1. The molecule has 80 valence electrons. The van der Waals surface area contributed by atoms with Gasteiger partial charge in [0.2, 0.25) is 5.91 Å². The molecule has 0 unspecified atom stereocenters. The van der Waals surface area contributed by atoms with Crippen molar-refractivity contribution in [3.05, 3.63) is 0 Å². The number of hydrogen-bond acceptors (Lipinski definition) is 3. The summed E-state index contributed by atoms with van der Waals surface area (Å²) in [5.74, 6) is 2.05. The average Bonchev–Trinajstić information content (AvgIpc) is 2.26. The lowest BCUT2D eigenvalue weighted by Gasteiger charge is -2.20. The van der Waals surface area contributed by atoms with E-state index in [2.05, 4.69) is 16.4 Å². The van der Waals surface area contributed by atoms with E-state index in [9.17, 15) is 9.59 Å². The van der Waals surface area contributed by atoms with Crippen molar-refractivity contribution in [3.63, 3.8) is 0 Å². The Kier molecular flexibility index (Phi) is 3.86. The fraction of sp³-hybridized carbons (Fsp3) is 0.500. The van der Waals surface area contributed by atoms with Crippen LogP contribution < -0.4 is 5.43 Å². The lowest BCUT2D eigenvalue weighted by Crippen LogP contribution is -2.40. The van der Waals surface area contributed by atoms with Crippen molar-refractivity contribution in [3.8, 4) is 12.3 Å². The number of nitrogens with zero attached hydrogens (tertiary/aromatic N) is 2. The molecule has 0 aromatic heterocycles. The minimum Gasteiger partial charge on any atom is -0.327 e. The van der Waals surface area contributed by atoms with Gasteiger partial charge in [-0.3, -0.25) is 9.59 Å². The molecule has 0 spiro atoms. The van der Waals surface area contributed by atoms with Gasteiger partial charge >= 0.3 is 0 Å². The van der Waals surface area contributed by atoms with Gasteiger partial charge in [-0.25, -0.2) is 5.43 Å². The topological polar surface area (TPSA) is 61.8 Å². The number of carbonyl (C=O) groups excluding carboxylic acids is 2. The number of amides is 2. The van der Waals surface area contributed by atoms with Gasteiger partial charge in [-0.05, 0) is 6.92 Å². The predicted octanol–water partition coefficient (Wildman–Crippen LogP) is -0.266. The molecule has 1 aliphatic heterocycles. The van der Waals surface area contributed by atoms with Crippen molar-refractivity contribution in [1.82, 2.24) is 10.3 Å². The fourth-order valence-corrected chi connectivity index (χ4v) is 1.25. The van der Waals surface area contributed by atoms with E-state index >= 15 is 0 Å². The summed E-state index contributed by atoms with van der Waals surface area (Å²) in [5.41, 5.74) is 2.65. The SMILES string of the molecule is C#CCN(CC)C(=O)C1=NNC(=O)CC1. The first-order valence-electron chi connectivity index (χ1n) is 4.77. The zero-order valence-electron chi connectivity index (χ0n) is 8.62. The summed E-state index contributed by atoms with van der Waals surface area (Å²) in [5, 5.41) is 3.72. The maximum Gasteiger partial charge on any atom is 0.270 e.